The summed E-state index contributed by atoms with van der Waals surface area (Å²) in [6, 6.07) is 11.4. The van der Waals surface area contributed by atoms with Gasteiger partial charge in [0.2, 0.25) is 0 Å². The molecular formula is C18H20B2CaN12. The van der Waals surface area contributed by atoms with Gasteiger partial charge in [-0.2, -0.15) is 0 Å². The van der Waals surface area contributed by atoms with Gasteiger partial charge in [0.15, 0.2) is 0 Å². The van der Waals surface area contributed by atoms with Crippen LogP contribution in [0.4, 0.5) is 0 Å². The quantitative estimate of drug-likeness (QED) is 0.307. The first kappa shape index (κ1) is 22.8. The molecule has 6 aromatic rings. The van der Waals surface area contributed by atoms with Crippen LogP contribution in [0.5, 0.6) is 0 Å². The van der Waals surface area contributed by atoms with Crippen LogP contribution in [0, 0.1) is 0 Å². The second-order valence-electron chi connectivity index (χ2n) is 7.12. The Morgan fingerprint density at radius 2 is 0.515 bits per heavy atom. The Labute approximate surface area is 219 Å². The summed E-state index contributed by atoms with van der Waals surface area (Å²) >= 11 is 0. The van der Waals surface area contributed by atoms with Crippen molar-refractivity contribution in [3.63, 3.8) is 0 Å². The van der Waals surface area contributed by atoms with Crippen molar-refractivity contribution in [1.29, 1.82) is 0 Å². The third-order valence-corrected chi connectivity index (χ3v) is 5.09. The number of hydrogen-bond acceptors (Lipinski definition) is 6. The molecular weight excluding hydrogens is 446 g/mol. The molecule has 6 heterocycles. The summed E-state index contributed by atoms with van der Waals surface area (Å²) in [7, 11) is -2.25. The second-order valence-corrected chi connectivity index (χ2v) is 7.12. The molecule has 0 atom stereocenters. The van der Waals surface area contributed by atoms with Crippen LogP contribution >= 0.6 is 0 Å². The number of nitrogens with zero attached hydrogens (tertiary/aromatic N) is 12. The number of hydrogen-bond donors (Lipinski definition) is 0. The standard InChI is InChI=1S/2C9H10BN6.Ca/c2*1-4-11-14(7-1)10(15-8-2-5-12-15)16-9-3-6-13-16;/h2*1-10H;/q2*-1;+2. The van der Waals surface area contributed by atoms with Crippen LogP contribution in [0.1, 0.15) is 0 Å². The van der Waals surface area contributed by atoms with Crippen molar-refractivity contribution in [1.82, 2.24) is 58.1 Å². The predicted molar refractivity (Wildman–Crippen MR) is 126 cm³/mol. The Kier molecular flexibility index (Phi) is 7.60. The van der Waals surface area contributed by atoms with Crippen molar-refractivity contribution in [2.24, 2.45) is 0 Å². The van der Waals surface area contributed by atoms with E-state index in [1.54, 1.807) is 37.2 Å². The Hall–Kier alpha value is -3.35. The Bertz CT molecular complexity index is 1000. The van der Waals surface area contributed by atoms with Gasteiger partial charge in [-0.15, -0.1) is 0 Å². The molecule has 0 saturated carbocycles. The molecule has 0 aliphatic rings. The zero-order chi connectivity index (χ0) is 21.6. The van der Waals surface area contributed by atoms with Gasteiger partial charge in [-0.1, -0.05) is 0 Å². The summed E-state index contributed by atoms with van der Waals surface area (Å²) in [4.78, 5) is 0. The molecule has 0 aliphatic carbocycles. The van der Waals surface area contributed by atoms with E-state index in [0.717, 1.165) is 0 Å². The van der Waals surface area contributed by atoms with E-state index < -0.39 is 14.2 Å². The van der Waals surface area contributed by atoms with Gasteiger partial charge in [-0.25, -0.2) is 30.6 Å². The first-order valence-electron chi connectivity index (χ1n) is 10.2. The first-order valence-corrected chi connectivity index (χ1v) is 10.2. The van der Waals surface area contributed by atoms with Crippen LogP contribution in [-0.4, -0.2) is 110 Å². The van der Waals surface area contributed by atoms with Gasteiger partial charge in [-0.3, -0.25) is 0 Å². The van der Waals surface area contributed by atoms with E-state index in [-0.39, 0.29) is 37.7 Å². The summed E-state index contributed by atoms with van der Waals surface area (Å²) in [6.07, 6.45) is 22.1. The minimum absolute atomic E-state index is 0. The third-order valence-electron chi connectivity index (χ3n) is 5.09. The van der Waals surface area contributed by atoms with Gasteiger partial charge in [0.25, 0.3) is 0 Å². The van der Waals surface area contributed by atoms with Gasteiger partial charge >= 0.3 is 52.0 Å². The molecule has 0 N–H and O–H groups in total. The molecule has 33 heavy (non-hydrogen) atoms. The van der Waals surface area contributed by atoms with Crippen molar-refractivity contribution in [2.75, 3.05) is 0 Å². The Morgan fingerprint density at radius 1 is 0.333 bits per heavy atom. The second kappa shape index (κ2) is 11.0. The molecule has 0 bridgehead atoms. The predicted octanol–water partition coefficient (Wildman–Crippen LogP) is -0.505. The molecule has 0 aromatic carbocycles. The molecule has 0 unspecified atom stereocenters. The van der Waals surface area contributed by atoms with Crippen molar-refractivity contribution >= 4 is 52.0 Å². The third kappa shape index (κ3) is 5.18. The fraction of sp³-hybridized carbons (Fsp3) is 0. The maximum absolute atomic E-state index is 4.26. The van der Waals surface area contributed by atoms with Crippen molar-refractivity contribution in [2.45, 2.75) is 0 Å². The van der Waals surface area contributed by atoms with Crippen LogP contribution in [0.2, 0.25) is 0 Å². The number of aromatic nitrogens is 12. The molecule has 6 aromatic heterocycles. The fourth-order valence-corrected chi connectivity index (χ4v) is 3.70. The van der Waals surface area contributed by atoms with Gasteiger partial charge in [0.1, 0.15) is 0 Å². The van der Waals surface area contributed by atoms with Crippen molar-refractivity contribution in [3.05, 3.63) is 111 Å². The largest absolute Gasteiger partial charge is 2.00 e. The molecule has 0 amide bonds. The van der Waals surface area contributed by atoms with E-state index in [0.29, 0.717) is 0 Å². The van der Waals surface area contributed by atoms with Gasteiger partial charge in [-0.05, 0) is 73.6 Å². The van der Waals surface area contributed by atoms with Crippen molar-refractivity contribution < 1.29 is 0 Å². The molecule has 15 heteroatoms. The molecule has 0 spiro atoms. The normalized spacial score (nSPS) is 10.7. The Morgan fingerprint density at radius 3 is 0.636 bits per heavy atom. The zero-order valence-electron chi connectivity index (χ0n) is 17.9. The minimum atomic E-state index is -1.12. The van der Waals surface area contributed by atoms with Crippen LogP contribution in [0.15, 0.2) is 111 Å². The molecule has 0 aliphatic heterocycles. The van der Waals surface area contributed by atoms with Crippen LogP contribution < -0.4 is 0 Å². The maximum Gasteiger partial charge on any atom is 2.00 e. The average molecular weight is 466 g/mol. The molecule has 6 rings (SSSR count). The van der Waals surface area contributed by atoms with E-state index in [9.17, 15) is 0 Å². The van der Waals surface area contributed by atoms with E-state index in [1.165, 1.54) is 0 Å². The maximum atomic E-state index is 4.26. The number of rotatable bonds is 6. The van der Waals surface area contributed by atoms with Crippen LogP contribution in [0.3, 0.4) is 0 Å². The summed E-state index contributed by atoms with van der Waals surface area (Å²) < 4.78 is 11.2. The van der Waals surface area contributed by atoms with E-state index in [2.05, 4.69) is 30.6 Å². The zero-order valence-corrected chi connectivity index (χ0v) is 20.1. The first-order chi connectivity index (χ1) is 15.9. The van der Waals surface area contributed by atoms with E-state index >= 15 is 0 Å². The smallest absolute Gasteiger partial charge is 0.403 e. The Balaban J connectivity index is 0.000000152. The van der Waals surface area contributed by atoms with E-state index in [4.69, 9.17) is 0 Å². The summed E-state index contributed by atoms with van der Waals surface area (Å²) in [5.41, 5.74) is 0. The molecule has 0 saturated heterocycles. The molecule has 160 valence electrons. The molecule has 0 radical (unpaired) electrons. The average Bonchev–Trinajstić information content (AvgIpc) is 3.67. The molecule has 0 fully saturated rings. The minimum Gasteiger partial charge on any atom is -0.403 e. The molecule has 12 nitrogen and oxygen atoms in total. The van der Waals surface area contributed by atoms with E-state index in [1.807, 2.05) is 101 Å². The summed E-state index contributed by atoms with van der Waals surface area (Å²) in [5.74, 6) is 0. The summed E-state index contributed by atoms with van der Waals surface area (Å²) in [6.45, 7) is 0. The topological polar surface area (TPSA) is 107 Å². The monoisotopic (exact) mass is 466 g/mol. The van der Waals surface area contributed by atoms with Crippen LogP contribution in [0.25, 0.3) is 0 Å². The summed E-state index contributed by atoms with van der Waals surface area (Å²) in [5, 5.41) is 25.6. The van der Waals surface area contributed by atoms with Crippen LogP contribution in [-0.2, 0) is 0 Å². The van der Waals surface area contributed by atoms with Gasteiger partial charge in [0, 0.05) is 37.2 Å². The van der Waals surface area contributed by atoms with Gasteiger partial charge in [0.05, 0.1) is 0 Å². The fourth-order valence-electron chi connectivity index (χ4n) is 3.70. The van der Waals surface area contributed by atoms with Crippen molar-refractivity contribution in [3.8, 4) is 0 Å². The SMILES string of the molecule is [Ca+2].c1cnn([BH-](n2cccn2)n2cccn2)c1.c1cnn([BH-](n2cccn2)n2cccn2)c1. The van der Waals surface area contributed by atoms with Gasteiger partial charge < -0.3 is 27.6 Å².